The number of hydrogen-bond acceptors (Lipinski definition) is 5. The van der Waals surface area contributed by atoms with E-state index < -0.39 is 0 Å². The van der Waals surface area contributed by atoms with Crippen LogP contribution in [0.1, 0.15) is 0 Å². The first kappa shape index (κ1) is 8.37. The number of thiophene rings is 1. The minimum atomic E-state index is 0.228. The zero-order valence-electron chi connectivity index (χ0n) is 7.58. The van der Waals surface area contributed by atoms with Gasteiger partial charge in [0.2, 0.25) is 5.95 Å². The minimum absolute atomic E-state index is 0.228. The van der Waals surface area contributed by atoms with Crippen molar-refractivity contribution in [2.75, 3.05) is 5.73 Å². The van der Waals surface area contributed by atoms with Crippen molar-refractivity contribution in [1.29, 1.82) is 0 Å². The van der Waals surface area contributed by atoms with E-state index >= 15 is 0 Å². The molecule has 1 aliphatic rings. The van der Waals surface area contributed by atoms with Gasteiger partial charge in [0.25, 0.3) is 0 Å². The van der Waals surface area contributed by atoms with E-state index in [1.165, 1.54) is 6.34 Å². The fourth-order valence-electron chi connectivity index (χ4n) is 1.40. The lowest BCUT2D eigenvalue weighted by Crippen LogP contribution is -1.99. The number of hydrogen-bond donors (Lipinski definition) is 1. The van der Waals surface area contributed by atoms with Crippen LogP contribution in [-0.4, -0.2) is 16.3 Å². The van der Waals surface area contributed by atoms with Gasteiger partial charge >= 0.3 is 0 Å². The lowest BCUT2D eigenvalue weighted by atomic mass is 10.3. The summed E-state index contributed by atoms with van der Waals surface area (Å²) in [6, 6.07) is 3.93. The smallest absolute Gasteiger partial charge is 0.222 e. The largest absolute Gasteiger partial charge is 0.368 e. The number of rotatable bonds is 1. The van der Waals surface area contributed by atoms with E-state index in [9.17, 15) is 0 Å². The van der Waals surface area contributed by atoms with Crippen molar-refractivity contribution in [2.24, 2.45) is 4.99 Å². The van der Waals surface area contributed by atoms with Gasteiger partial charge in [-0.2, -0.15) is 4.98 Å². The van der Waals surface area contributed by atoms with Gasteiger partial charge in [-0.25, -0.2) is 15.3 Å². The molecule has 2 aromatic rings. The third-order valence-electron chi connectivity index (χ3n) is 2.00. The molecule has 0 aliphatic carbocycles. The summed E-state index contributed by atoms with van der Waals surface area (Å²) >= 11 is 1.59. The number of nitrogens with two attached hydrogens (primary N) is 1. The molecule has 0 unspecified atom stereocenters. The summed E-state index contributed by atoms with van der Waals surface area (Å²) in [5.74, 6) is 0.775. The van der Waals surface area contributed by atoms with Crippen molar-refractivity contribution in [3.8, 4) is 10.6 Å². The first-order valence-corrected chi connectivity index (χ1v) is 5.17. The summed E-state index contributed by atoms with van der Waals surface area (Å²) in [7, 11) is 0. The monoisotopic (exact) mass is 216 g/mol. The maximum Gasteiger partial charge on any atom is 0.222 e. The molecule has 1 aliphatic heterocycles. The minimum Gasteiger partial charge on any atom is -0.368 e. The molecule has 0 amide bonds. The predicted octanol–water partition coefficient (Wildman–Crippen LogP) is 1.70. The average molecular weight is 216 g/mol. The molecule has 0 bridgehead atoms. The zero-order chi connectivity index (χ0) is 10.3. The molecule has 3 heterocycles. The molecule has 0 saturated carbocycles. The lowest BCUT2D eigenvalue weighted by molar-refractivity contribution is 1.14. The first-order valence-electron chi connectivity index (χ1n) is 4.29. The van der Waals surface area contributed by atoms with Crippen LogP contribution in [0.15, 0.2) is 22.5 Å². The molecule has 1 radical (unpaired) electrons. The Morgan fingerprint density at radius 1 is 1.27 bits per heavy atom. The van der Waals surface area contributed by atoms with Gasteiger partial charge in [-0.15, -0.1) is 11.3 Å². The van der Waals surface area contributed by atoms with Gasteiger partial charge in [0.05, 0.1) is 4.88 Å². The van der Waals surface area contributed by atoms with Crippen molar-refractivity contribution in [1.82, 2.24) is 15.3 Å². The summed E-state index contributed by atoms with van der Waals surface area (Å²) in [6.45, 7) is 0. The number of aliphatic imine (C=N–C) groups is 1. The first-order chi connectivity index (χ1) is 7.34. The molecule has 15 heavy (non-hydrogen) atoms. The van der Waals surface area contributed by atoms with E-state index in [0.29, 0.717) is 11.5 Å². The van der Waals surface area contributed by atoms with Crippen LogP contribution in [0.25, 0.3) is 10.6 Å². The molecular formula is C9H6N5S. The van der Waals surface area contributed by atoms with Crippen molar-refractivity contribution >= 4 is 35.1 Å². The summed E-state index contributed by atoms with van der Waals surface area (Å²) in [4.78, 5) is 13.3. The fraction of sp³-hybridized carbons (Fsp3) is 0. The second-order valence-corrected chi connectivity index (χ2v) is 3.90. The summed E-state index contributed by atoms with van der Waals surface area (Å²) < 4.78 is 0. The van der Waals surface area contributed by atoms with E-state index in [4.69, 9.17) is 5.73 Å². The lowest BCUT2D eigenvalue weighted by Gasteiger charge is -2.02. The molecule has 0 atom stereocenters. The third kappa shape index (κ3) is 1.26. The van der Waals surface area contributed by atoms with E-state index in [2.05, 4.69) is 20.3 Å². The second kappa shape index (κ2) is 3.03. The number of nitrogen functional groups attached to an aromatic ring is 1. The maximum absolute atomic E-state index is 5.60. The topological polar surface area (TPSA) is 78.3 Å². The number of nitrogens with zero attached hydrogens (tertiary/aromatic N) is 4. The Morgan fingerprint density at radius 3 is 3.00 bits per heavy atom. The quantitative estimate of drug-likeness (QED) is 0.787. The number of anilines is 1. The van der Waals surface area contributed by atoms with Crippen LogP contribution in [0.5, 0.6) is 0 Å². The molecule has 3 rings (SSSR count). The van der Waals surface area contributed by atoms with Gasteiger partial charge < -0.3 is 5.73 Å². The summed E-state index contributed by atoms with van der Waals surface area (Å²) in [5, 5.41) is 5.99. The van der Waals surface area contributed by atoms with Crippen LogP contribution in [0, 0.1) is 0 Å². The molecule has 5 nitrogen and oxygen atoms in total. The van der Waals surface area contributed by atoms with Crippen molar-refractivity contribution in [2.45, 2.75) is 0 Å². The van der Waals surface area contributed by atoms with Crippen LogP contribution in [-0.2, 0) is 0 Å². The van der Waals surface area contributed by atoms with Gasteiger partial charge in [-0.05, 0) is 11.4 Å². The van der Waals surface area contributed by atoms with Gasteiger partial charge in [0, 0.05) is 0 Å². The molecule has 2 aromatic heterocycles. The highest BCUT2D eigenvalue weighted by Gasteiger charge is 2.18. The number of fused-ring (bicyclic) bond motifs is 1. The Hall–Kier alpha value is -1.95. The average Bonchev–Trinajstić information content (AvgIpc) is 2.86. The maximum atomic E-state index is 5.60. The van der Waals surface area contributed by atoms with Gasteiger partial charge in [0.15, 0.2) is 5.82 Å². The molecule has 0 aromatic carbocycles. The van der Waals surface area contributed by atoms with E-state index in [1.807, 2.05) is 17.5 Å². The van der Waals surface area contributed by atoms with Gasteiger partial charge in [-0.3, -0.25) is 0 Å². The highest BCUT2D eigenvalue weighted by Crippen LogP contribution is 2.38. The molecule has 0 fully saturated rings. The molecule has 2 N–H and O–H groups in total. The van der Waals surface area contributed by atoms with Crippen LogP contribution in [0.4, 0.5) is 17.5 Å². The standard InChI is InChI=1S/C9H6N5S/c10-9-13-6(5-2-1-3-15-5)7-8(14-9)12-4-11-7/h1-4H,(H2,10,13,14). The van der Waals surface area contributed by atoms with Crippen LogP contribution in [0.3, 0.4) is 0 Å². The molecule has 73 valence electrons. The predicted molar refractivity (Wildman–Crippen MR) is 59.7 cm³/mol. The highest BCUT2D eigenvalue weighted by molar-refractivity contribution is 7.13. The highest BCUT2D eigenvalue weighted by atomic mass is 32.1. The van der Waals surface area contributed by atoms with Crippen LogP contribution < -0.4 is 11.1 Å². The van der Waals surface area contributed by atoms with Crippen LogP contribution >= 0.6 is 11.3 Å². The summed E-state index contributed by atoms with van der Waals surface area (Å²) in [5.41, 5.74) is 7.06. The van der Waals surface area contributed by atoms with E-state index in [1.54, 1.807) is 11.3 Å². The molecule has 6 heteroatoms. The number of aromatic nitrogens is 2. The van der Waals surface area contributed by atoms with Crippen molar-refractivity contribution < 1.29 is 0 Å². The van der Waals surface area contributed by atoms with E-state index in [0.717, 1.165) is 10.6 Å². The Kier molecular flexibility index (Phi) is 1.69. The van der Waals surface area contributed by atoms with Gasteiger partial charge in [0.1, 0.15) is 17.7 Å². The Balaban J connectivity index is 2.27. The Bertz CT molecular complexity index is 532. The normalized spacial score (nSPS) is 12.5. The van der Waals surface area contributed by atoms with Crippen LogP contribution in [0.2, 0.25) is 0 Å². The SMILES string of the molecule is Nc1nc2c(c(-c3cccs3)n1)N=C[N]2. The third-order valence-corrected chi connectivity index (χ3v) is 2.88. The van der Waals surface area contributed by atoms with Crippen molar-refractivity contribution in [3.05, 3.63) is 17.5 Å². The molecule has 0 spiro atoms. The fourth-order valence-corrected chi connectivity index (χ4v) is 2.11. The Labute approximate surface area is 89.7 Å². The van der Waals surface area contributed by atoms with Crippen molar-refractivity contribution in [3.63, 3.8) is 0 Å². The molecule has 0 saturated heterocycles. The Morgan fingerprint density at radius 2 is 2.20 bits per heavy atom. The second-order valence-electron chi connectivity index (χ2n) is 2.95. The van der Waals surface area contributed by atoms with E-state index in [-0.39, 0.29) is 5.95 Å². The van der Waals surface area contributed by atoms with Gasteiger partial charge in [-0.1, -0.05) is 6.07 Å². The zero-order valence-corrected chi connectivity index (χ0v) is 8.40. The summed E-state index contributed by atoms with van der Waals surface area (Å²) in [6.07, 6.45) is 1.47. The molecular weight excluding hydrogens is 210 g/mol.